The van der Waals surface area contributed by atoms with Gasteiger partial charge >= 0.3 is 0 Å². The van der Waals surface area contributed by atoms with Crippen LogP contribution in [0.4, 0.5) is 5.69 Å². The van der Waals surface area contributed by atoms with Crippen LogP contribution >= 0.6 is 0 Å². The second-order valence-corrected chi connectivity index (χ2v) is 7.28. The van der Waals surface area contributed by atoms with Crippen molar-refractivity contribution in [2.45, 2.75) is 11.8 Å². The van der Waals surface area contributed by atoms with Crippen molar-refractivity contribution >= 4 is 21.5 Å². The summed E-state index contributed by atoms with van der Waals surface area (Å²) in [5.74, 6) is -0.00962. The Morgan fingerprint density at radius 3 is 2.04 bits per heavy atom. The van der Waals surface area contributed by atoms with Gasteiger partial charge < -0.3 is 0 Å². The number of sulfonamides is 1. The Hall–Kier alpha value is -2.92. The number of benzene rings is 3. The third kappa shape index (κ3) is 3.78. The molecule has 0 aromatic heterocycles. The zero-order chi connectivity index (χ0) is 17.9. The van der Waals surface area contributed by atoms with Gasteiger partial charge in [0.05, 0.1) is 10.6 Å². The van der Waals surface area contributed by atoms with Gasteiger partial charge in [0.25, 0.3) is 10.0 Å². The van der Waals surface area contributed by atoms with Crippen molar-refractivity contribution in [2.24, 2.45) is 0 Å². The normalized spacial score (nSPS) is 11.1. The largest absolute Gasteiger partial charge is 0.295 e. The lowest BCUT2D eigenvalue weighted by Gasteiger charge is -2.13. The molecule has 0 atom stereocenters. The van der Waals surface area contributed by atoms with Gasteiger partial charge in [0.1, 0.15) is 0 Å². The van der Waals surface area contributed by atoms with E-state index >= 15 is 0 Å². The highest BCUT2D eigenvalue weighted by molar-refractivity contribution is 7.92. The van der Waals surface area contributed by atoms with Crippen LogP contribution in [0.15, 0.2) is 83.8 Å². The molecule has 25 heavy (non-hydrogen) atoms. The minimum atomic E-state index is -3.67. The minimum Gasteiger partial charge on any atom is -0.295 e. The predicted molar refractivity (Wildman–Crippen MR) is 99.1 cm³/mol. The van der Waals surface area contributed by atoms with E-state index in [9.17, 15) is 13.2 Å². The highest BCUT2D eigenvalue weighted by Gasteiger charge is 2.16. The van der Waals surface area contributed by atoms with E-state index in [0.717, 1.165) is 11.1 Å². The lowest BCUT2D eigenvalue weighted by Crippen LogP contribution is -2.13. The summed E-state index contributed by atoms with van der Waals surface area (Å²) >= 11 is 0. The van der Waals surface area contributed by atoms with Crippen molar-refractivity contribution in [3.8, 4) is 11.1 Å². The molecule has 0 heterocycles. The molecule has 0 aliphatic carbocycles. The number of anilines is 1. The van der Waals surface area contributed by atoms with E-state index in [-0.39, 0.29) is 10.7 Å². The molecule has 0 unspecified atom stereocenters. The molecule has 1 N–H and O–H groups in total. The summed E-state index contributed by atoms with van der Waals surface area (Å²) in [7, 11) is -3.67. The molecule has 3 aromatic rings. The fourth-order valence-electron chi connectivity index (χ4n) is 2.51. The molecule has 0 aliphatic rings. The number of rotatable bonds is 5. The molecule has 4 nitrogen and oxygen atoms in total. The zero-order valence-corrected chi connectivity index (χ0v) is 14.5. The fraction of sp³-hybridized carbons (Fsp3) is 0.0500. The maximum Gasteiger partial charge on any atom is 0.261 e. The summed E-state index contributed by atoms with van der Waals surface area (Å²) in [6.07, 6.45) is 0. The number of ketones is 1. The molecule has 126 valence electrons. The Bertz CT molecular complexity index is 995. The van der Waals surface area contributed by atoms with E-state index in [1.807, 2.05) is 24.3 Å². The number of hydrogen-bond donors (Lipinski definition) is 1. The van der Waals surface area contributed by atoms with E-state index in [2.05, 4.69) is 4.72 Å². The first kappa shape index (κ1) is 16.9. The maximum absolute atomic E-state index is 12.6. The Labute approximate surface area is 147 Å². The molecule has 0 radical (unpaired) electrons. The van der Waals surface area contributed by atoms with Crippen molar-refractivity contribution in [3.05, 3.63) is 84.4 Å². The second kappa shape index (κ2) is 6.91. The fourth-order valence-corrected chi connectivity index (χ4v) is 3.61. The van der Waals surface area contributed by atoms with Crippen LogP contribution in [0.2, 0.25) is 0 Å². The van der Waals surface area contributed by atoms with Gasteiger partial charge in [-0.25, -0.2) is 8.42 Å². The molecule has 3 aromatic carbocycles. The number of carbonyl (C=O) groups excluding carboxylic acids is 1. The zero-order valence-electron chi connectivity index (χ0n) is 13.6. The van der Waals surface area contributed by atoms with Gasteiger partial charge in [0, 0.05) is 11.1 Å². The topological polar surface area (TPSA) is 63.2 Å². The first-order chi connectivity index (χ1) is 12.0. The van der Waals surface area contributed by atoms with Crippen LogP contribution in [0.1, 0.15) is 17.3 Å². The highest BCUT2D eigenvalue weighted by Crippen LogP contribution is 2.29. The van der Waals surface area contributed by atoms with E-state index in [1.54, 1.807) is 54.6 Å². The van der Waals surface area contributed by atoms with Crippen molar-refractivity contribution in [1.29, 1.82) is 0 Å². The van der Waals surface area contributed by atoms with Crippen LogP contribution in [-0.2, 0) is 10.0 Å². The first-order valence-electron chi connectivity index (χ1n) is 7.76. The van der Waals surface area contributed by atoms with Gasteiger partial charge in [-0.1, -0.05) is 60.7 Å². The molecule has 0 fully saturated rings. The van der Waals surface area contributed by atoms with Crippen molar-refractivity contribution in [1.82, 2.24) is 0 Å². The molecular formula is C20H17NO3S. The summed E-state index contributed by atoms with van der Waals surface area (Å²) < 4.78 is 27.8. The third-order valence-corrected chi connectivity index (χ3v) is 5.21. The maximum atomic E-state index is 12.6. The first-order valence-corrected chi connectivity index (χ1v) is 9.24. The highest BCUT2D eigenvalue weighted by atomic mass is 32.2. The number of Topliss-reactive ketones (excluding diaryl/α,β-unsaturated/α-hetero) is 1. The Balaban J connectivity index is 1.98. The Morgan fingerprint density at radius 2 is 1.40 bits per heavy atom. The average molecular weight is 351 g/mol. The number of para-hydroxylation sites is 1. The summed E-state index contributed by atoms with van der Waals surface area (Å²) in [6.45, 7) is 1.51. The molecule has 0 amide bonds. The van der Waals surface area contributed by atoms with Crippen molar-refractivity contribution in [2.75, 3.05) is 4.72 Å². The van der Waals surface area contributed by atoms with Gasteiger partial charge in [0.2, 0.25) is 0 Å². The molecule has 0 bridgehead atoms. The van der Waals surface area contributed by atoms with Crippen LogP contribution in [0.3, 0.4) is 0 Å². The molecular weight excluding hydrogens is 334 g/mol. The van der Waals surface area contributed by atoms with Gasteiger partial charge in [0.15, 0.2) is 5.78 Å². The van der Waals surface area contributed by atoms with Crippen LogP contribution in [0, 0.1) is 0 Å². The summed E-state index contributed by atoms with van der Waals surface area (Å²) in [6, 6.07) is 22.5. The average Bonchev–Trinajstić information content (AvgIpc) is 2.63. The van der Waals surface area contributed by atoms with Crippen LogP contribution in [0.25, 0.3) is 11.1 Å². The van der Waals surface area contributed by atoms with E-state index < -0.39 is 10.0 Å². The third-order valence-electron chi connectivity index (χ3n) is 3.83. The number of carbonyl (C=O) groups is 1. The number of hydrogen-bond acceptors (Lipinski definition) is 3. The predicted octanol–water partition coefficient (Wildman–Crippen LogP) is 4.36. The lowest BCUT2D eigenvalue weighted by molar-refractivity contribution is 0.101. The van der Waals surface area contributed by atoms with Crippen LogP contribution in [0.5, 0.6) is 0 Å². The molecule has 3 rings (SSSR count). The Morgan fingerprint density at radius 1 is 0.800 bits per heavy atom. The SMILES string of the molecule is CC(=O)c1ccc(-c2ccccc2NS(=O)(=O)c2ccccc2)cc1. The van der Waals surface area contributed by atoms with E-state index in [0.29, 0.717) is 11.3 Å². The molecule has 0 spiro atoms. The van der Waals surface area contributed by atoms with Crippen LogP contribution < -0.4 is 4.72 Å². The summed E-state index contributed by atoms with van der Waals surface area (Å²) in [5.41, 5.74) is 2.68. The number of nitrogens with one attached hydrogen (secondary N) is 1. The van der Waals surface area contributed by atoms with Gasteiger partial charge in [-0.05, 0) is 30.7 Å². The lowest BCUT2D eigenvalue weighted by atomic mass is 10.0. The summed E-state index contributed by atoms with van der Waals surface area (Å²) in [5, 5.41) is 0. The van der Waals surface area contributed by atoms with Gasteiger partial charge in [-0.2, -0.15) is 0 Å². The molecule has 0 saturated carbocycles. The summed E-state index contributed by atoms with van der Waals surface area (Å²) in [4.78, 5) is 11.6. The molecule has 0 aliphatic heterocycles. The molecule has 5 heteroatoms. The van der Waals surface area contributed by atoms with Crippen molar-refractivity contribution in [3.63, 3.8) is 0 Å². The van der Waals surface area contributed by atoms with Crippen LogP contribution in [-0.4, -0.2) is 14.2 Å². The minimum absolute atomic E-state index is 0.00962. The van der Waals surface area contributed by atoms with E-state index in [4.69, 9.17) is 0 Å². The van der Waals surface area contributed by atoms with Gasteiger partial charge in [-0.3, -0.25) is 9.52 Å². The van der Waals surface area contributed by atoms with Gasteiger partial charge in [-0.15, -0.1) is 0 Å². The van der Waals surface area contributed by atoms with E-state index in [1.165, 1.54) is 6.92 Å². The monoisotopic (exact) mass is 351 g/mol. The smallest absolute Gasteiger partial charge is 0.261 e. The second-order valence-electron chi connectivity index (χ2n) is 5.60. The molecule has 0 saturated heterocycles. The quantitative estimate of drug-likeness (QED) is 0.695. The standard InChI is InChI=1S/C20H17NO3S/c1-15(22)16-11-13-17(14-12-16)19-9-5-6-10-20(19)21-25(23,24)18-7-3-2-4-8-18/h2-14,21H,1H3. The Kier molecular flexibility index (Phi) is 4.67. The van der Waals surface area contributed by atoms with Crippen molar-refractivity contribution < 1.29 is 13.2 Å².